The van der Waals surface area contributed by atoms with Gasteiger partial charge in [0.2, 0.25) is 0 Å². The minimum absolute atomic E-state index is 0.214. The maximum atomic E-state index is 13.1. The van der Waals surface area contributed by atoms with Gasteiger partial charge in [0.25, 0.3) is 0 Å². The maximum Gasteiger partial charge on any atom is 0.197 e. The summed E-state index contributed by atoms with van der Waals surface area (Å²) in [6.07, 6.45) is 1.72. The average Bonchev–Trinajstić information content (AvgIpc) is 3.38. The van der Waals surface area contributed by atoms with E-state index in [1.54, 1.807) is 30.3 Å². The molecule has 3 heteroatoms. The van der Waals surface area contributed by atoms with Crippen LogP contribution in [0.25, 0.3) is 39.1 Å². The van der Waals surface area contributed by atoms with Crippen LogP contribution in [0.2, 0.25) is 0 Å². The molecular weight excluding hydrogens is 647 g/mol. The van der Waals surface area contributed by atoms with Gasteiger partial charge >= 0.3 is 0 Å². The quantitative estimate of drug-likeness (QED) is 0.129. The molecule has 0 radical (unpaired) electrons. The SMILES string of the molecule is Cc1cc(C)c(-c2ccc(N(c3ccc(-c4cc(C)c(C)cc4C)cc3)c3ccc4cc(C=C5C(=O)c6ccccc6C5=O)ccc4c3)cc2)c(C)c1. The number of nitrogens with zero attached hydrogens (tertiary/aromatic N) is 1. The molecule has 0 unspecified atom stereocenters. The van der Waals surface area contributed by atoms with E-state index in [2.05, 4.69) is 144 Å². The second-order valence-corrected chi connectivity index (χ2v) is 14.5. The standard InChI is InChI=1S/C50H41NO2/c1-30-23-34(5)48(35(6)24-30)38-15-20-42(21-16-38)51(41-18-13-37(14-19-41)46-26-32(3)31(2)25-33(46)4)43-22-17-39-27-36(11-12-40(39)29-43)28-47-49(52)44-9-7-8-10-45(44)50(47)53/h7-29H,1-6H3. The third-order valence-corrected chi connectivity index (χ3v) is 10.7. The first-order valence-corrected chi connectivity index (χ1v) is 18.2. The first-order chi connectivity index (χ1) is 25.5. The van der Waals surface area contributed by atoms with E-state index in [4.69, 9.17) is 0 Å². The number of aryl methyl sites for hydroxylation is 6. The summed E-state index contributed by atoms with van der Waals surface area (Å²) in [6, 6.07) is 46.4. The molecule has 258 valence electrons. The van der Waals surface area contributed by atoms with Crippen molar-refractivity contribution in [3.05, 3.63) is 189 Å². The fourth-order valence-corrected chi connectivity index (χ4v) is 7.97. The van der Waals surface area contributed by atoms with Crippen molar-refractivity contribution in [2.24, 2.45) is 0 Å². The van der Waals surface area contributed by atoms with E-state index in [1.165, 1.54) is 55.6 Å². The Bertz CT molecular complexity index is 2580. The molecule has 0 spiro atoms. The van der Waals surface area contributed by atoms with Crippen molar-refractivity contribution in [3.63, 3.8) is 0 Å². The number of anilines is 3. The zero-order chi connectivity index (χ0) is 37.0. The third kappa shape index (κ3) is 6.19. The van der Waals surface area contributed by atoms with Gasteiger partial charge in [-0.2, -0.15) is 0 Å². The van der Waals surface area contributed by atoms with Crippen molar-refractivity contribution in [1.82, 2.24) is 0 Å². The molecule has 0 heterocycles. The number of Topliss-reactive ketones (excluding diaryl/α,β-unsaturated/α-hetero) is 2. The molecule has 1 aliphatic carbocycles. The Balaban J connectivity index is 1.18. The normalized spacial score (nSPS) is 12.4. The molecule has 0 saturated carbocycles. The Morgan fingerprint density at radius 2 is 0.962 bits per heavy atom. The topological polar surface area (TPSA) is 37.4 Å². The van der Waals surface area contributed by atoms with Gasteiger partial charge in [-0.25, -0.2) is 0 Å². The maximum absolute atomic E-state index is 13.1. The summed E-state index contributed by atoms with van der Waals surface area (Å²) < 4.78 is 0. The second kappa shape index (κ2) is 13.3. The molecule has 0 atom stereocenters. The molecular formula is C50H41NO2. The van der Waals surface area contributed by atoms with Gasteiger partial charge < -0.3 is 4.90 Å². The highest BCUT2D eigenvalue weighted by atomic mass is 16.2. The molecule has 1 aliphatic rings. The van der Waals surface area contributed by atoms with Gasteiger partial charge in [0, 0.05) is 28.2 Å². The van der Waals surface area contributed by atoms with E-state index < -0.39 is 0 Å². The van der Waals surface area contributed by atoms with Crippen LogP contribution in [0.4, 0.5) is 17.1 Å². The van der Waals surface area contributed by atoms with Crippen molar-refractivity contribution < 1.29 is 9.59 Å². The monoisotopic (exact) mass is 687 g/mol. The van der Waals surface area contributed by atoms with Crippen LogP contribution < -0.4 is 4.90 Å². The fourth-order valence-electron chi connectivity index (χ4n) is 7.97. The van der Waals surface area contributed by atoms with E-state index in [0.717, 1.165) is 33.4 Å². The van der Waals surface area contributed by atoms with E-state index >= 15 is 0 Å². The highest BCUT2D eigenvalue weighted by Crippen LogP contribution is 2.39. The lowest BCUT2D eigenvalue weighted by Crippen LogP contribution is -2.10. The number of fused-ring (bicyclic) bond motifs is 2. The third-order valence-electron chi connectivity index (χ3n) is 10.7. The summed E-state index contributed by atoms with van der Waals surface area (Å²) in [5.41, 5.74) is 17.8. The van der Waals surface area contributed by atoms with Crippen LogP contribution in [0.3, 0.4) is 0 Å². The number of benzene rings is 7. The minimum atomic E-state index is -0.214. The summed E-state index contributed by atoms with van der Waals surface area (Å²) in [6.45, 7) is 13.0. The van der Waals surface area contributed by atoms with E-state index in [9.17, 15) is 9.59 Å². The molecule has 0 amide bonds. The van der Waals surface area contributed by atoms with Crippen LogP contribution in [0.5, 0.6) is 0 Å². The predicted octanol–water partition coefficient (Wildman–Crippen LogP) is 13.0. The molecule has 0 fully saturated rings. The van der Waals surface area contributed by atoms with Gasteiger partial charge in [0.15, 0.2) is 11.6 Å². The number of carbonyl (C=O) groups excluding carboxylic acids is 2. The number of ketones is 2. The van der Waals surface area contributed by atoms with Crippen LogP contribution >= 0.6 is 0 Å². The Kier molecular flexibility index (Phi) is 8.51. The lowest BCUT2D eigenvalue weighted by Gasteiger charge is -2.26. The fraction of sp³-hybridized carbons (Fsp3) is 0.120. The average molecular weight is 688 g/mol. The van der Waals surface area contributed by atoms with Crippen molar-refractivity contribution in [3.8, 4) is 22.3 Å². The van der Waals surface area contributed by atoms with Gasteiger partial charge in [0.1, 0.15) is 0 Å². The molecule has 7 aromatic carbocycles. The van der Waals surface area contributed by atoms with Crippen LogP contribution in [-0.4, -0.2) is 11.6 Å². The molecule has 0 bridgehead atoms. The lowest BCUT2D eigenvalue weighted by atomic mass is 9.93. The highest BCUT2D eigenvalue weighted by molar-refractivity contribution is 6.41. The largest absolute Gasteiger partial charge is 0.310 e. The number of allylic oxidation sites excluding steroid dienone is 1. The summed E-state index contributed by atoms with van der Waals surface area (Å²) in [5, 5.41) is 2.09. The lowest BCUT2D eigenvalue weighted by molar-refractivity contribution is 0.0990. The Morgan fingerprint density at radius 3 is 1.58 bits per heavy atom. The number of carbonyl (C=O) groups is 2. The van der Waals surface area contributed by atoms with Gasteiger partial charge in [-0.05, 0) is 156 Å². The van der Waals surface area contributed by atoms with Gasteiger partial charge in [-0.1, -0.05) is 96.6 Å². The van der Waals surface area contributed by atoms with E-state index in [0.29, 0.717) is 11.1 Å². The van der Waals surface area contributed by atoms with Gasteiger partial charge in [-0.15, -0.1) is 0 Å². The Labute approximate surface area is 311 Å². The minimum Gasteiger partial charge on any atom is -0.310 e. The Hall–Kier alpha value is -6.32. The molecule has 7 aromatic rings. The molecule has 53 heavy (non-hydrogen) atoms. The molecule has 0 N–H and O–H groups in total. The number of hydrogen-bond acceptors (Lipinski definition) is 3. The predicted molar refractivity (Wildman–Crippen MR) is 221 cm³/mol. The van der Waals surface area contributed by atoms with Gasteiger partial charge in [0.05, 0.1) is 5.57 Å². The first-order valence-electron chi connectivity index (χ1n) is 18.2. The van der Waals surface area contributed by atoms with Crippen LogP contribution in [0.15, 0.2) is 139 Å². The van der Waals surface area contributed by atoms with Crippen LogP contribution in [-0.2, 0) is 0 Å². The first kappa shape index (κ1) is 33.8. The molecule has 0 saturated heterocycles. The molecule has 0 aliphatic heterocycles. The van der Waals surface area contributed by atoms with Crippen molar-refractivity contribution in [2.45, 2.75) is 41.5 Å². The zero-order valence-corrected chi connectivity index (χ0v) is 31.0. The summed E-state index contributed by atoms with van der Waals surface area (Å²) >= 11 is 0. The highest BCUT2D eigenvalue weighted by Gasteiger charge is 2.32. The molecule has 0 aromatic heterocycles. The van der Waals surface area contributed by atoms with E-state index in [-0.39, 0.29) is 17.1 Å². The number of hydrogen-bond donors (Lipinski definition) is 0. The number of rotatable bonds is 6. The summed E-state index contributed by atoms with van der Waals surface area (Å²) in [7, 11) is 0. The van der Waals surface area contributed by atoms with Gasteiger partial charge in [-0.3, -0.25) is 9.59 Å². The van der Waals surface area contributed by atoms with Crippen LogP contribution in [0, 0.1) is 41.5 Å². The van der Waals surface area contributed by atoms with E-state index in [1.807, 2.05) is 12.1 Å². The van der Waals surface area contributed by atoms with Crippen LogP contribution in [0.1, 0.15) is 59.7 Å². The summed E-state index contributed by atoms with van der Waals surface area (Å²) in [4.78, 5) is 28.4. The van der Waals surface area contributed by atoms with Crippen molar-refractivity contribution in [1.29, 1.82) is 0 Å². The smallest absolute Gasteiger partial charge is 0.197 e. The Morgan fingerprint density at radius 1 is 0.434 bits per heavy atom. The summed E-state index contributed by atoms with van der Waals surface area (Å²) in [5.74, 6) is -0.428. The van der Waals surface area contributed by atoms with Crippen molar-refractivity contribution >= 4 is 45.5 Å². The second-order valence-electron chi connectivity index (χ2n) is 14.5. The van der Waals surface area contributed by atoms with Crippen molar-refractivity contribution in [2.75, 3.05) is 4.90 Å². The molecule has 8 rings (SSSR count). The molecule has 3 nitrogen and oxygen atoms in total. The zero-order valence-electron chi connectivity index (χ0n) is 31.0.